The number of benzene rings is 2. The highest BCUT2D eigenvalue weighted by molar-refractivity contribution is 7.71. The molecule has 2 aromatic heterocycles. The molecule has 0 spiro atoms. The first-order valence-corrected chi connectivity index (χ1v) is 15.4. The minimum atomic E-state index is 0.357. The quantitative estimate of drug-likeness (QED) is 0.215. The lowest BCUT2D eigenvalue weighted by atomic mass is 10.1. The number of aromatic nitrogens is 3. The van der Waals surface area contributed by atoms with Gasteiger partial charge >= 0.3 is 0 Å². The lowest BCUT2D eigenvalue weighted by Crippen LogP contribution is -2.49. The fourth-order valence-corrected chi connectivity index (χ4v) is 4.31. The first-order valence-electron chi connectivity index (χ1n) is 15.0. The molecular weight excluding hydrogens is 538 g/mol. The second-order valence-corrected chi connectivity index (χ2v) is 9.44. The van der Waals surface area contributed by atoms with E-state index in [1.54, 1.807) is 6.20 Å². The Labute approximate surface area is 256 Å². The Balaban J connectivity index is 0.000000699. The van der Waals surface area contributed by atoms with Crippen LogP contribution in [-0.2, 0) is 20.1 Å². The molecule has 8 heteroatoms. The highest BCUT2D eigenvalue weighted by Gasteiger charge is 2.12. The minimum absolute atomic E-state index is 0.357. The number of nitrogens with one attached hydrogen (secondary N) is 3. The van der Waals surface area contributed by atoms with Crippen molar-refractivity contribution in [3.8, 4) is 11.3 Å². The van der Waals surface area contributed by atoms with Crippen LogP contribution in [0.4, 0.5) is 5.69 Å². The molecule has 42 heavy (non-hydrogen) atoms. The van der Waals surface area contributed by atoms with E-state index in [1.165, 1.54) is 12.8 Å². The third-order valence-corrected chi connectivity index (χ3v) is 6.80. The standard InChI is InChI=1S/C26H25N7S.C4H10.2C2H6/c1-32-25(34)22(23(27)33-16-15-29-26(32)33)24(31-20-7-3-2-4-8-20)30-17-18-10-12-19(13-11-18)21-9-5-6-14-28-21;1-3-4-2;2*1-2/h2-14,27,30-31H,15-17H2,1H3;3-4H2,1-2H3;2*1-2H3/b24-22-,27-23?;;;. The van der Waals surface area contributed by atoms with E-state index in [0.717, 1.165) is 28.1 Å². The largest absolute Gasteiger partial charge is 0.367 e. The topological polar surface area (TPSA) is 83.0 Å². The molecule has 0 aliphatic carbocycles. The van der Waals surface area contributed by atoms with Gasteiger partial charge in [0.2, 0.25) is 5.62 Å². The fraction of sp³-hybridized carbons (Fsp3) is 0.353. The predicted molar refractivity (Wildman–Crippen MR) is 179 cm³/mol. The van der Waals surface area contributed by atoms with Crippen LogP contribution in [-0.4, -0.2) is 20.7 Å². The summed E-state index contributed by atoms with van der Waals surface area (Å²) in [6.07, 6.45) is 4.44. The van der Waals surface area contributed by atoms with Gasteiger partial charge in [-0.2, -0.15) is 0 Å². The molecular formula is C34H47N7S. The summed E-state index contributed by atoms with van der Waals surface area (Å²) in [4.78, 5) is 8.94. The smallest absolute Gasteiger partial charge is 0.207 e. The number of unbranched alkanes of at least 4 members (excludes halogenated alkanes) is 1. The van der Waals surface area contributed by atoms with E-state index >= 15 is 0 Å². The average molecular weight is 586 g/mol. The van der Waals surface area contributed by atoms with E-state index in [9.17, 15) is 0 Å². The maximum Gasteiger partial charge on any atom is 0.207 e. The van der Waals surface area contributed by atoms with Crippen molar-refractivity contribution < 1.29 is 0 Å². The summed E-state index contributed by atoms with van der Waals surface area (Å²) in [5, 5.41) is 16.5. The summed E-state index contributed by atoms with van der Waals surface area (Å²) in [5.41, 5.74) is 5.14. The molecule has 4 aromatic rings. The zero-order valence-corrected chi connectivity index (χ0v) is 27.1. The van der Waals surface area contributed by atoms with Crippen LogP contribution in [0.3, 0.4) is 0 Å². The van der Waals surface area contributed by atoms with Gasteiger partial charge in [-0.3, -0.25) is 20.0 Å². The van der Waals surface area contributed by atoms with Gasteiger partial charge in [-0.05, 0) is 29.8 Å². The van der Waals surface area contributed by atoms with E-state index in [2.05, 4.69) is 58.7 Å². The van der Waals surface area contributed by atoms with Gasteiger partial charge in [0.1, 0.15) is 15.9 Å². The summed E-state index contributed by atoms with van der Waals surface area (Å²) >= 11 is 5.78. The van der Waals surface area contributed by atoms with Gasteiger partial charge in [0.15, 0.2) is 0 Å². The maximum atomic E-state index is 8.88. The van der Waals surface area contributed by atoms with Gasteiger partial charge in [0.05, 0.1) is 17.5 Å². The predicted octanol–water partition coefficient (Wildman–Crippen LogP) is 6.56. The highest BCUT2D eigenvalue weighted by atomic mass is 32.1. The van der Waals surface area contributed by atoms with Crippen molar-refractivity contribution in [1.82, 2.24) is 19.4 Å². The first kappa shape index (κ1) is 34.2. The van der Waals surface area contributed by atoms with Gasteiger partial charge < -0.3 is 15.2 Å². The van der Waals surface area contributed by atoms with Crippen molar-refractivity contribution in [2.75, 3.05) is 11.9 Å². The number of rotatable bonds is 7. The molecule has 5 rings (SSSR count). The van der Waals surface area contributed by atoms with Crippen molar-refractivity contribution in [3.63, 3.8) is 0 Å². The summed E-state index contributed by atoms with van der Waals surface area (Å²) in [6.45, 7) is 14.3. The lowest BCUT2D eigenvalue weighted by molar-refractivity contribution is 0.621. The van der Waals surface area contributed by atoms with E-state index in [1.807, 2.05) is 92.4 Å². The number of hydrogen-bond donors (Lipinski definition) is 3. The van der Waals surface area contributed by atoms with Crippen LogP contribution in [0, 0.1) is 10.0 Å². The Bertz CT molecular complexity index is 1590. The Morgan fingerprint density at radius 1 is 0.905 bits per heavy atom. The van der Waals surface area contributed by atoms with E-state index < -0.39 is 0 Å². The molecule has 0 radical (unpaired) electrons. The summed E-state index contributed by atoms with van der Waals surface area (Å²) in [7, 11) is 1.91. The van der Waals surface area contributed by atoms with Crippen LogP contribution in [0.15, 0.2) is 84.0 Å². The number of para-hydroxylation sites is 1. The third-order valence-electron chi connectivity index (χ3n) is 6.32. The SMILES string of the molecule is CC.CC.CCCC.Cn1c(=S)/c(=C(/NCc2ccc(-c3ccccn3)cc2)Nc2ccccc2)c(=N)n2c1=NCC2. The molecule has 0 saturated heterocycles. The van der Waals surface area contributed by atoms with Crippen LogP contribution in [0.25, 0.3) is 17.1 Å². The molecule has 224 valence electrons. The number of nitrogens with zero attached hydrogens (tertiary/aromatic N) is 4. The summed E-state index contributed by atoms with van der Waals surface area (Å²) < 4.78 is 4.35. The van der Waals surface area contributed by atoms with Crippen molar-refractivity contribution in [3.05, 3.63) is 106 Å². The first-order chi connectivity index (χ1) is 20.5. The molecule has 2 aromatic carbocycles. The van der Waals surface area contributed by atoms with E-state index in [0.29, 0.717) is 40.8 Å². The molecule has 0 atom stereocenters. The highest BCUT2D eigenvalue weighted by Crippen LogP contribution is 2.17. The van der Waals surface area contributed by atoms with Crippen LogP contribution in [0.2, 0.25) is 0 Å². The number of fused-ring (bicyclic) bond motifs is 1. The minimum Gasteiger partial charge on any atom is -0.367 e. The average Bonchev–Trinajstić information content (AvgIpc) is 3.57. The fourth-order valence-electron chi connectivity index (χ4n) is 4.03. The van der Waals surface area contributed by atoms with Gasteiger partial charge in [0, 0.05) is 37.6 Å². The van der Waals surface area contributed by atoms with Crippen molar-refractivity contribution >= 4 is 23.7 Å². The van der Waals surface area contributed by atoms with Gasteiger partial charge in [-0.25, -0.2) is 0 Å². The zero-order chi connectivity index (χ0) is 30.9. The second-order valence-electron chi connectivity index (χ2n) is 9.05. The summed E-state index contributed by atoms with van der Waals surface area (Å²) in [6, 6.07) is 24.1. The molecule has 0 saturated carbocycles. The number of anilines is 1. The van der Waals surface area contributed by atoms with Gasteiger partial charge in [-0.15, -0.1) is 0 Å². The molecule has 1 aliphatic rings. The Morgan fingerprint density at radius 3 is 2.14 bits per heavy atom. The normalized spacial score (nSPS) is 11.6. The van der Waals surface area contributed by atoms with E-state index in [-0.39, 0.29) is 0 Å². The van der Waals surface area contributed by atoms with Crippen LogP contribution in [0.1, 0.15) is 59.9 Å². The van der Waals surface area contributed by atoms with Gasteiger partial charge in [0.25, 0.3) is 0 Å². The number of hydrogen-bond acceptors (Lipinski definition) is 6. The van der Waals surface area contributed by atoms with Crippen molar-refractivity contribution in [2.24, 2.45) is 12.0 Å². The third kappa shape index (κ3) is 8.98. The molecule has 0 bridgehead atoms. The molecule has 1 aliphatic heterocycles. The molecule has 3 heterocycles. The molecule has 3 N–H and O–H groups in total. The molecule has 7 nitrogen and oxygen atoms in total. The van der Waals surface area contributed by atoms with Crippen molar-refractivity contribution in [2.45, 2.75) is 67.5 Å². The monoisotopic (exact) mass is 585 g/mol. The Morgan fingerprint density at radius 2 is 1.55 bits per heavy atom. The maximum absolute atomic E-state index is 8.88. The van der Waals surface area contributed by atoms with Crippen LogP contribution in [0.5, 0.6) is 0 Å². The van der Waals surface area contributed by atoms with Crippen molar-refractivity contribution in [1.29, 1.82) is 5.41 Å². The Kier molecular flexibility index (Phi) is 15.0. The lowest BCUT2D eigenvalue weighted by Gasteiger charge is -2.16. The molecule has 0 amide bonds. The van der Waals surface area contributed by atoms with Crippen LogP contribution >= 0.6 is 12.2 Å². The van der Waals surface area contributed by atoms with Crippen LogP contribution < -0.4 is 27.0 Å². The van der Waals surface area contributed by atoms with Gasteiger partial charge in [-0.1, -0.05) is 115 Å². The molecule has 0 fully saturated rings. The Hall–Kier alpha value is -4.04. The van der Waals surface area contributed by atoms with E-state index in [4.69, 9.17) is 17.6 Å². The summed E-state index contributed by atoms with van der Waals surface area (Å²) in [5.74, 6) is 0.702. The molecule has 0 unspecified atom stereocenters. The number of pyridine rings is 1. The zero-order valence-electron chi connectivity index (χ0n) is 26.2. The second kappa shape index (κ2) is 18.4.